The lowest BCUT2D eigenvalue weighted by atomic mass is 10.0. The molecule has 117 valence electrons. The number of nitrogens with zero attached hydrogens (tertiary/aromatic N) is 2. The lowest BCUT2D eigenvalue weighted by Gasteiger charge is -2.06. The summed E-state index contributed by atoms with van der Waals surface area (Å²) < 4.78 is 37.8. The maximum atomic E-state index is 12.6. The topological polar surface area (TPSA) is 41.6 Å². The fourth-order valence-electron chi connectivity index (χ4n) is 2.16. The second-order valence-corrected chi connectivity index (χ2v) is 5.39. The molecule has 0 aliphatic heterocycles. The van der Waals surface area contributed by atoms with Crippen LogP contribution in [0.4, 0.5) is 13.2 Å². The van der Waals surface area contributed by atoms with Gasteiger partial charge in [-0.3, -0.25) is 4.98 Å². The van der Waals surface area contributed by atoms with E-state index in [-0.39, 0.29) is 5.82 Å². The van der Waals surface area contributed by atoms with E-state index in [1.54, 1.807) is 24.4 Å². The number of benzene rings is 1. The lowest BCUT2D eigenvalue weighted by Crippen LogP contribution is -2.04. The number of nitrogens with one attached hydrogen (secondary N) is 1. The van der Waals surface area contributed by atoms with Crippen molar-refractivity contribution >= 4 is 11.6 Å². The summed E-state index contributed by atoms with van der Waals surface area (Å²) in [6.07, 6.45) is 0.776. The van der Waals surface area contributed by atoms with E-state index >= 15 is 0 Å². The second kappa shape index (κ2) is 5.70. The fourth-order valence-corrected chi connectivity index (χ4v) is 2.43. The first-order valence-corrected chi connectivity index (χ1v) is 6.99. The van der Waals surface area contributed by atoms with Crippen molar-refractivity contribution in [3.05, 3.63) is 59.1 Å². The Morgan fingerprint density at radius 2 is 1.96 bits per heavy atom. The molecular formula is C16H10ClF3N3. The number of aromatic amines is 1. The minimum Gasteiger partial charge on any atom is -0.344 e. The van der Waals surface area contributed by atoms with E-state index < -0.39 is 11.9 Å². The van der Waals surface area contributed by atoms with Crippen molar-refractivity contribution < 1.29 is 13.2 Å². The van der Waals surface area contributed by atoms with Crippen molar-refractivity contribution in [1.29, 1.82) is 0 Å². The molecule has 1 radical (unpaired) electrons. The van der Waals surface area contributed by atoms with Gasteiger partial charge in [0.1, 0.15) is 5.82 Å². The van der Waals surface area contributed by atoms with Crippen LogP contribution in [-0.4, -0.2) is 15.0 Å². The summed E-state index contributed by atoms with van der Waals surface area (Å²) in [4.78, 5) is 10.0. The maximum Gasteiger partial charge on any atom is 0.434 e. The Labute approximate surface area is 135 Å². The second-order valence-electron chi connectivity index (χ2n) is 4.98. The van der Waals surface area contributed by atoms with Gasteiger partial charge in [0.15, 0.2) is 5.69 Å². The van der Waals surface area contributed by atoms with E-state index in [0.717, 1.165) is 22.9 Å². The number of H-pyrrole nitrogens is 1. The maximum absolute atomic E-state index is 12.6. The van der Waals surface area contributed by atoms with Gasteiger partial charge in [-0.2, -0.15) is 13.2 Å². The number of hydrogen-bond acceptors (Lipinski definition) is 2. The molecule has 7 heteroatoms. The third kappa shape index (κ3) is 3.22. The van der Waals surface area contributed by atoms with Gasteiger partial charge < -0.3 is 4.98 Å². The Kier molecular flexibility index (Phi) is 3.85. The Morgan fingerprint density at radius 3 is 2.57 bits per heavy atom. The highest BCUT2D eigenvalue weighted by molar-refractivity contribution is 6.33. The molecule has 0 unspecified atom stereocenters. The monoisotopic (exact) mass is 336 g/mol. The van der Waals surface area contributed by atoms with E-state index in [1.807, 2.05) is 13.0 Å². The number of aromatic nitrogens is 3. The zero-order valence-electron chi connectivity index (χ0n) is 11.9. The van der Waals surface area contributed by atoms with Crippen LogP contribution in [0.25, 0.3) is 22.5 Å². The molecule has 0 amide bonds. The molecule has 0 atom stereocenters. The van der Waals surface area contributed by atoms with Crippen LogP contribution in [-0.2, 0) is 6.18 Å². The van der Waals surface area contributed by atoms with Crippen molar-refractivity contribution in [3.8, 4) is 22.5 Å². The molecule has 0 fully saturated rings. The predicted octanol–water partition coefficient (Wildman–Crippen LogP) is 4.92. The number of aryl methyl sites for hydroxylation is 1. The van der Waals surface area contributed by atoms with Crippen LogP contribution in [0.15, 0.2) is 36.7 Å². The molecule has 1 aromatic carbocycles. The largest absolute Gasteiger partial charge is 0.434 e. The van der Waals surface area contributed by atoms with Crippen molar-refractivity contribution in [2.45, 2.75) is 13.1 Å². The van der Waals surface area contributed by atoms with Gasteiger partial charge >= 0.3 is 6.18 Å². The van der Waals surface area contributed by atoms with Crippen LogP contribution < -0.4 is 0 Å². The zero-order valence-corrected chi connectivity index (χ0v) is 12.6. The lowest BCUT2D eigenvalue weighted by molar-refractivity contribution is -0.140. The third-order valence-corrected chi connectivity index (χ3v) is 3.56. The van der Waals surface area contributed by atoms with E-state index in [4.69, 9.17) is 11.6 Å². The van der Waals surface area contributed by atoms with Crippen LogP contribution in [0.5, 0.6) is 0 Å². The average molecular weight is 337 g/mol. The van der Waals surface area contributed by atoms with Crippen molar-refractivity contribution in [2.24, 2.45) is 0 Å². The molecule has 3 aromatic rings. The minimum absolute atomic E-state index is 0.0737. The Bertz CT molecular complexity index is 856. The summed E-state index contributed by atoms with van der Waals surface area (Å²) in [7, 11) is 0. The third-order valence-electron chi connectivity index (χ3n) is 3.24. The van der Waals surface area contributed by atoms with Gasteiger partial charge in [-0.1, -0.05) is 17.7 Å². The van der Waals surface area contributed by atoms with E-state index in [9.17, 15) is 13.2 Å². The fraction of sp³-hybridized carbons (Fsp3) is 0.125. The first-order valence-electron chi connectivity index (χ1n) is 6.62. The number of rotatable bonds is 2. The van der Waals surface area contributed by atoms with E-state index in [0.29, 0.717) is 10.6 Å². The van der Waals surface area contributed by atoms with Gasteiger partial charge in [-0.05, 0) is 36.2 Å². The molecule has 2 aromatic heterocycles. The number of imidazole rings is 1. The Balaban J connectivity index is 1.98. The van der Waals surface area contributed by atoms with Gasteiger partial charge in [0.25, 0.3) is 0 Å². The molecule has 0 bridgehead atoms. The highest BCUT2D eigenvalue weighted by Crippen LogP contribution is 2.33. The summed E-state index contributed by atoms with van der Waals surface area (Å²) in [5.41, 5.74) is 1.96. The number of halogens is 4. The summed E-state index contributed by atoms with van der Waals surface area (Å²) in [6.45, 7) is 1.87. The van der Waals surface area contributed by atoms with Crippen molar-refractivity contribution in [1.82, 2.24) is 15.0 Å². The van der Waals surface area contributed by atoms with Gasteiger partial charge in [0.05, 0.1) is 11.2 Å². The summed E-state index contributed by atoms with van der Waals surface area (Å²) in [5.74, 6) is 0.0737. The van der Waals surface area contributed by atoms with Crippen molar-refractivity contribution in [3.63, 3.8) is 0 Å². The highest BCUT2D eigenvalue weighted by atomic mass is 35.5. The molecule has 0 spiro atoms. The molecule has 1 N–H and O–H groups in total. The van der Waals surface area contributed by atoms with Crippen LogP contribution in [0.3, 0.4) is 0 Å². The van der Waals surface area contributed by atoms with Crippen LogP contribution in [0, 0.1) is 13.1 Å². The van der Waals surface area contributed by atoms with E-state index in [1.165, 1.54) is 0 Å². The minimum atomic E-state index is -4.50. The molecule has 23 heavy (non-hydrogen) atoms. The molecule has 3 nitrogen and oxygen atoms in total. The van der Waals surface area contributed by atoms with Gasteiger partial charge in [-0.15, -0.1) is 0 Å². The Hall–Kier alpha value is -2.34. The normalized spacial score (nSPS) is 11.7. The molecule has 0 aliphatic rings. The van der Waals surface area contributed by atoms with Crippen LogP contribution in [0.1, 0.15) is 11.3 Å². The summed E-state index contributed by atoms with van der Waals surface area (Å²) >= 11 is 6.21. The molecular weight excluding hydrogens is 327 g/mol. The van der Waals surface area contributed by atoms with Crippen molar-refractivity contribution in [2.75, 3.05) is 0 Å². The molecule has 0 saturated carbocycles. The first-order chi connectivity index (χ1) is 10.8. The quantitative estimate of drug-likeness (QED) is 0.721. The molecule has 0 aliphatic carbocycles. The smallest absolute Gasteiger partial charge is 0.344 e. The average Bonchev–Trinajstić information content (AvgIpc) is 2.97. The summed E-state index contributed by atoms with van der Waals surface area (Å²) in [5, 5.41) is 0.302. The number of pyridine rings is 1. The van der Waals surface area contributed by atoms with E-state index in [2.05, 4.69) is 21.1 Å². The van der Waals surface area contributed by atoms with Crippen LogP contribution in [0.2, 0.25) is 5.02 Å². The molecule has 2 heterocycles. The number of alkyl halides is 3. The van der Waals surface area contributed by atoms with Gasteiger partial charge in [0, 0.05) is 23.5 Å². The molecule has 3 rings (SSSR count). The highest BCUT2D eigenvalue weighted by Gasteiger charge is 2.33. The molecule has 0 saturated heterocycles. The van der Waals surface area contributed by atoms with Crippen LogP contribution >= 0.6 is 11.6 Å². The Morgan fingerprint density at radius 1 is 1.17 bits per heavy atom. The first kappa shape index (κ1) is 15.6. The zero-order chi connectivity index (χ0) is 16.6. The van der Waals surface area contributed by atoms with Gasteiger partial charge in [0.2, 0.25) is 0 Å². The SMILES string of the molecule is Cc1[c]ncc(-c2ccc(-c3nc(C(F)(F)F)c[nH]3)c(Cl)c2)c1. The predicted molar refractivity (Wildman–Crippen MR) is 80.8 cm³/mol. The summed E-state index contributed by atoms with van der Waals surface area (Å²) in [6, 6.07) is 6.95. The van der Waals surface area contributed by atoms with Gasteiger partial charge in [-0.25, -0.2) is 4.98 Å². The standard InChI is InChI=1S/C16H10ClF3N3/c1-9-4-11(7-21-6-9)10-2-3-12(13(17)5-10)15-22-8-14(23-15)16(18,19)20/h2-5,7-8H,1H3,(H,22,23). The number of hydrogen-bond donors (Lipinski definition) is 1.